The van der Waals surface area contributed by atoms with E-state index in [9.17, 15) is 9.59 Å². The van der Waals surface area contributed by atoms with Crippen molar-refractivity contribution < 1.29 is 9.59 Å². The number of rotatable bonds is 7. The number of urea groups is 1. The van der Waals surface area contributed by atoms with Gasteiger partial charge in [-0.2, -0.15) is 0 Å². The first-order chi connectivity index (χ1) is 12.6. The standard InChI is InChI=1S/C20H30N4O2/c1-15-8-10-24(11-9-15)14-17-4-2-16(3-5-17)12-21-19(25)13-22-20(26)23-18-6-7-18/h2-5,15,18H,6-14H2,1H3,(H,21,25)(H2,22,23,26). The van der Waals surface area contributed by atoms with Gasteiger partial charge in [0.05, 0.1) is 6.54 Å². The second-order valence-corrected chi connectivity index (χ2v) is 7.65. The van der Waals surface area contributed by atoms with Gasteiger partial charge in [0.1, 0.15) is 0 Å². The van der Waals surface area contributed by atoms with Crippen molar-refractivity contribution in [2.24, 2.45) is 5.92 Å². The average molecular weight is 358 g/mol. The van der Waals surface area contributed by atoms with Gasteiger partial charge in [0.25, 0.3) is 0 Å². The van der Waals surface area contributed by atoms with Crippen LogP contribution in [0.1, 0.15) is 43.7 Å². The van der Waals surface area contributed by atoms with Crippen molar-refractivity contribution in [3.05, 3.63) is 35.4 Å². The number of nitrogens with one attached hydrogen (secondary N) is 3. The number of carbonyl (C=O) groups is 2. The molecule has 3 rings (SSSR count). The number of hydrogen-bond donors (Lipinski definition) is 3. The highest BCUT2D eigenvalue weighted by Gasteiger charge is 2.23. The fourth-order valence-electron chi connectivity index (χ4n) is 3.13. The third kappa shape index (κ3) is 6.33. The molecule has 3 N–H and O–H groups in total. The number of amides is 3. The Morgan fingerprint density at radius 2 is 1.65 bits per heavy atom. The molecule has 2 fully saturated rings. The van der Waals surface area contributed by atoms with Crippen LogP contribution in [0.2, 0.25) is 0 Å². The van der Waals surface area contributed by atoms with Crippen LogP contribution in [0.5, 0.6) is 0 Å². The molecule has 6 heteroatoms. The third-order valence-corrected chi connectivity index (χ3v) is 5.12. The Labute approximate surface area is 155 Å². The molecule has 3 amide bonds. The molecular weight excluding hydrogens is 328 g/mol. The van der Waals surface area contributed by atoms with E-state index in [1.54, 1.807) is 0 Å². The molecule has 0 aromatic heterocycles. The Hall–Kier alpha value is -2.08. The van der Waals surface area contributed by atoms with Gasteiger partial charge < -0.3 is 16.0 Å². The molecular formula is C20H30N4O2. The summed E-state index contributed by atoms with van der Waals surface area (Å²) in [6.07, 6.45) is 4.65. The molecule has 6 nitrogen and oxygen atoms in total. The summed E-state index contributed by atoms with van der Waals surface area (Å²) in [5, 5.41) is 8.21. The minimum absolute atomic E-state index is 0.00399. The van der Waals surface area contributed by atoms with Crippen LogP contribution in [0.25, 0.3) is 0 Å². The van der Waals surface area contributed by atoms with E-state index >= 15 is 0 Å². The van der Waals surface area contributed by atoms with E-state index < -0.39 is 0 Å². The Morgan fingerprint density at radius 1 is 1.00 bits per heavy atom. The minimum Gasteiger partial charge on any atom is -0.350 e. The second-order valence-electron chi connectivity index (χ2n) is 7.65. The highest BCUT2D eigenvalue weighted by atomic mass is 16.2. The van der Waals surface area contributed by atoms with E-state index in [0.29, 0.717) is 12.6 Å². The molecule has 0 bridgehead atoms. The molecule has 1 saturated heterocycles. The molecule has 142 valence electrons. The molecule has 1 heterocycles. The smallest absolute Gasteiger partial charge is 0.315 e. The van der Waals surface area contributed by atoms with E-state index in [1.165, 1.54) is 31.5 Å². The van der Waals surface area contributed by atoms with Gasteiger partial charge in [-0.25, -0.2) is 4.79 Å². The largest absolute Gasteiger partial charge is 0.350 e. The predicted molar refractivity (Wildman–Crippen MR) is 102 cm³/mol. The molecule has 1 aliphatic heterocycles. The Bertz CT molecular complexity index is 605. The summed E-state index contributed by atoms with van der Waals surface area (Å²) in [6.45, 7) is 6.17. The van der Waals surface area contributed by atoms with Crippen molar-refractivity contribution in [3.8, 4) is 0 Å². The van der Waals surface area contributed by atoms with Crippen molar-refractivity contribution in [1.82, 2.24) is 20.9 Å². The van der Waals surface area contributed by atoms with Gasteiger partial charge in [-0.15, -0.1) is 0 Å². The Morgan fingerprint density at radius 3 is 2.31 bits per heavy atom. The summed E-state index contributed by atoms with van der Waals surface area (Å²) in [5.41, 5.74) is 2.38. The summed E-state index contributed by atoms with van der Waals surface area (Å²) in [7, 11) is 0. The zero-order valence-corrected chi connectivity index (χ0v) is 15.6. The van der Waals surface area contributed by atoms with E-state index in [-0.39, 0.29) is 18.5 Å². The quantitative estimate of drug-likeness (QED) is 0.698. The van der Waals surface area contributed by atoms with Crippen molar-refractivity contribution in [3.63, 3.8) is 0 Å². The van der Waals surface area contributed by atoms with Crippen molar-refractivity contribution in [1.29, 1.82) is 0 Å². The van der Waals surface area contributed by atoms with Crippen LogP contribution in [-0.4, -0.2) is 42.5 Å². The van der Waals surface area contributed by atoms with Gasteiger partial charge in [0.2, 0.25) is 5.91 Å². The number of benzene rings is 1. The number of hydrogen-bond acceptors (Lipinski definition) is 3. The first kappa shape index (κ1) is 18.7. The van der Waals surface area contributed by atoms with Crippen LogP contribution in [0.15, 0.2) is 24.3 Å². The SMILES string of the molecule is CC1CCN(Cc2ccc(CNC(=O)CNC(=O)NC3CC3)cc2)CC1. The van der Waals surface area contributed by atoms with Gasteiger partial charge in [-0.3, -0.25) is 9.69 Å². The first-order valence-electron chi connectivity index (χ1n) is 9.70. The van der Waals surface area contributed by atoms with Gasteiger partial charge in [0, 0.05) is 19.1 Å². The van der Waals surface area contributed by atoms with Crippen LogP contribution < -0.4 is 16.0 Å². The zero-order chi connectivity index (χ0) is 18.4. The molecule has 0 atom stereocenters. The molecule has 2 aliphatic rings. The molecule has 0 radical (unpaired) electrons. The molecule has 0 unspecified atom stereocenters. The fraction of sp³-hybridized carbons (Fsp3) is 0.600. The van der Waals surface area contributed by atoms with E-state index in [4.69, 9.17) is 0 Å². The normalized spacial score (nSPS) is 18.3. The van der Waals surface area contributed by atoms with Crippen molar-refractivity contribution >= 4 is 11.9 Å². The van der Waals surface area contributed by atoms with Gasteiger partial charge in [-0.05, 0) is 55.8 Å². The van der Waals surface area contributed by atoms with Crippen LogP contribution >= 0.6 is 0 Å². The van der Waals surface area contributed by atoms with Crippen molar-refractivity contribution in [2.45, 2.75) is 51.7 Å². The number of piperidine rings is 1. The lowest BCUT2D eigenvalue weighted by Gasteiger charge is -2.30. The topological polar surface area (TPSA) is 73.5 Å². The van der Waals surface area contributed by atoms with Crippen LogP contribution in [0, 0.1) is 5.92 Å². The van der Waals surface area contributed by atoms with E-state index in [1.807, 2.05) is 0 Å². The molecule has 1 aromatic rings. The van der Waals surface area contributed by atoms with Gasteiger partial charge in [0.15, 0.2) is 0 Å². The Balaban J connectivity index is 1.34. The second kappa shape index (κ2) is 9.03. The molecule has 26 heavy (non-hydrogen) atoms. The van der Waals surface area contributed by atoms with Crippen LogP contribution in [0.4, 0.5) is 4.79 Å². The molecule has 1 aromatic carbocycles. The third-order valence-electron chi connectivity index (χ3n) is 5.12. The predicted octanol–water partition coefficient (Wildman–Crippen LogP) is 2.00. The summed E-state index contributed by atoms with van der Waals surface area (Å²) in [4.78, 5) is 25.8. The minimum atomic E-state index is -0.265. The maximum atomic E-state index is 11.8. The average Bonchev–Trinajstić information content (AvgIpc) is 3.45. The Kier molecular flexibility index (Phi) is 6.50. The number of likely N-dealkylation sites (tertiary alicyclic amines) is 1. The number of carbonyl (C=O) groups excluding carboxylic acids is 2. The first-order valence-corrected chi connectivity index (χ1v) is 9.70. The fourth-order valence-corrected chi connectivity index (χ4v) is 3.13. The zero-order valence-electron chi connectivity index (χ0n) is 15.6. The molecule has 1 saturated carbocycles. The summed E-state index contributed by atoms with van der Waals surface area (Å²) in [6, 6.07) is 8.44. The monoisotopic (exact) mass is 358 g/mol. The van der Waals surface area contributed by atoms with E-state index in [2.05, 4.69) is 52.0 Å². The highest BCUT2D eigenvalue weighted by molar-refractivity contribution is 5.84. The van der Waals surface area contributed by atoms with Gasteiger partial charge in [-0.1, -0.05) is 31.2 Å². The summed E-state index contributed by atoms with van der Waals surface area (Å²) >= 11 is 0. The van der Waals surface area contributed by atoms with Gasteiger partial charge >= 0.3 is 6.03 Å². The van der Waals surface area contributed by atoms with Crippen LogP contribution in [0.3, 0.4) is 0 Å². The lowest BCUT2D eigenvalue weighted by atomic mass is 9.99. The van der Waals surface area contributed by atoms with E-state index in [0.717, 1.165) is 30.9 Å². The van der Waals surface area contributed by atoms with Crippen molar-refractivity contribution in [2.75, 3.05) is 19.6 Å². The summed E-state index contributed by atoms with van der Waals surface area (Å²) in [5.74, 6) is 0.675. The number of nitrogens with zero attached hydrogens (tertiary/aromatic N) is 1. The highest BCUT2D eigenvalue weighted by Crippen LogP contribution is 2.19. The maximum absolute atomic E-state index is 11.8. The summed E-state index contributed by atoms with van der Waals surface area (Å²) < 4.78 is 0. The lowest BCUT2D eigenvalue weighted by molar-refractivity contribution is -0.120. The molecule has 1 aliphatic carbocycles. The maximum Gasteiger partial charge on any atom is 0.315 e. The lowest BCUT2D eigenvalue weighted by Crippen LogP contribution is -2.42. The van der Waals surface area contributed by atoms with Crippen LogP contribution in [-0.2, 0) is 17.9 Å². The molecule has 0 spiro atoms.